The Kier molecular flexibility index (Phi) is 5.25. The van der Waals surface area contributed by atoms with Crippen LogP contribution in [0.25, 0.3) is 0 Å². The second-order valence-electron chi connectivity index (χ2n) is 6.84. The maximum atomic E-state index is 13.4. The normalized spacial score (nSPS) is 21.5. The highest BCUT2D eigenvalue weighted by Gasteiger charge is 2.43. The largest absolute Gasteiger partial charge is 0.340 e. The number of benzene rings is 1. The Morgan fingerprint density at radius 2 is 1.62 bits per heavy atom. The first kappa shape index (κ1) is 17.8. The first-order chi connectivity index (χ1) is 11.4. The van der Waals surface area contributed by atoms with Gasteiger partial charge in [-0.3, -0.25) is 4.79 Å². The Bertz CT molecular complexity index is 685. The highest BCUT2D eigenvalue weighted by Crippen LogP contribution is 2.41. The van der Waals surface area contributed by atoms with E-state index in [1.807, 2.05) is 28.8 Å². The van der Waals surface area contributed by atoms with Crippen LogP contribution in [0.1, 0.15) is 37.7 Å². The van der Waals surface area contributed by atoms with Crippen molar-refractivity contribution in [1.29, 1.82) is 0 Å². The van der Waals surface area contributed by atoms with Crippen molar-refractivity contribution < 1.29 is 13.2 Å². The minimum atomic E-state index is -3.21. The van der Waals surface area contributed by atoms with Crippen molar-refractivity contribution in [2.75, 3.05) is 30.9 Å². The molecule has 2 fully saturated rings. The predicted molar refractivity (Wildman–Crippen MR) is 98.2 cm³/mol. The maximum Gasteiger partial charge on any atom is 0.233 e. The van der Waals surface area contributed by atoms with Gasteiger partial charge in [0, 0.05) is 30.9 Å². The third-order valence-corrected chi connectivity index (χ3v) is 7.32. The molecule has 1 aliphatic carbocycles. The minimum Gasteiger partial charge on any atom is -0.340 e. The van der Waals surface area contributed by atoms with Crippen LogP contribution in [0, 0.1) is 0 Å². The van der Waals surface area contributed by atoms with E-state index in [1.54, 1.807) is 12.1 Å². The molecule has 0 N–H and O–H groups in total. The van der Waals surface area contributed by atoms with Crippen LogP contribution >= 0.6 is 11.8 Å². The second-order valence-corrected chi connectivity index (χ2v) is 10.1. The summed E-state index contributed by atoms with van der Waals surface area (Å²) in [5.41, 5.74) is 0.522. The fourth-order valence-electron chi connectivity index (χ4n) is 3.87. The van der Waals surface area contributed by atoms with E-state index in [-0.39, 0.29) is 5.91 Å². The Hall–Kier alpha value is -1.01. The number of hydrogen-bond donors (Lipinski definition) is 0. The van der Waals surface area contributed by atoms with E-state index in [9.17, 15) is 13.2 Å². The SMILES string of the molecule is CS(=O)(=O)c1ccc(C2(C(=O)N3CCSCC3)CCCCC2)cc1. The van der Waals surface area contributed by atoms with E-state index in [4.69, 9.17) is 0 Å². The molecule has 1 aliphatic heterocycles. The highest BCUT2D eigenvalue weighted by molar-refractivity contribution is 7.99. The molecule has 6 heteroatoms. The molecule has 1 saturated carbocycles. The summed E-state index contributed by atoms with van der Waals surface area (Å²) in [5, 5.41) is 0. The minimum absolute atomic E-state index is 0.245. The summed E-state index contributed by atoms with van der Waals surface area (Å²) in [5.74, 6) is 2.26. The van der Waals surface area contributed by atoms with E-state index in [0.29, 0.717) is 4.90 Å². The zero-order chi connectivity index (χ0) is 17.2. The summed E-state index contributed by atoms with van der Waals surface area (Å²) in [6.45, 7) is 1.65. The first-order valence-electron chi connectivity index (χ1n) is 8.61. The lowest BCUT2D eigenvalue weighted by atomic mass is 9.68. The summed E-state index contributed by atoms with van der Waals surface area (Å²) in [6.07, 6.45) is 6.24. The van der Waals surface area contributed by atoms with Crippen LogP contribution in [0.4, 0.5) is 0 Å². The molecular formula is C18H25NO3S2. The number of carbonyl (C=O) groups excluding carboxylic acids is 1. The number of amides is 1. The van der Waals surface area contributed by atoms with Gasteiger partial charge in [-0.1, -0.05) is 31.4 Å². The molecular weight excluding hydrogens is 342 g/mol. The molecule has 1 aromatic carbocycles. The van der Waals surface area contributed by atoms with Gasteiger partial charge >= 0.3 is 0 Å². The quantitative estimate of drug-likeness (QED) is 0.824. The van der Waals surface area contributed by atoms with Crippen LogP contribution in [-0.2, 0) is 20.0 Å². The van der Waals surface area contributed by atoms with Gasteiger partial charge in [0.1, 0.15) is 0 Å². The molecule has 132 valence electrons. The Labute approximate surface area is 148 Å². The molecule has 1 amide bonds. The number of hydrogen-bond acceptors (Lipinski definition) is 4. The van der Waals surface area contributed by atoms with Gasteiger partial charge in [0.15, 0.2) is 9.84 Å². The number of sulfone groups is 1. The average molecular weight is 368 g/mol. The summed E-state index contributed by atoms with van der Waals surface area (Å²) in [4.78, 5) is 15.7. The number of nitrogens with zero attached hydrogens (tertiary/aromatic N) is 1. The number of carbonyl (C=O) groups is 1. The monoisotopic (exact) mass is 367 g/mol. The molecule has 1 saturated heterocycles. The second kappa shape index (κ2) is 7.08. The molecule has 0 unspecified atom stereocenters. The van der Waals surface area contributed by atoms with Crippen molar-refractivity contribution >= 4 is 27.5 Å². The van der Waals surface area contributed by atoms with Gasteiger partial charge in [-0.2, -0.15) is 11.8 Å². The lowest BCUT2D eigenvalue weighted by molar-refractivity contribution is -0.138. The van der Waals surface area contributed by atoms with Gasteiger partial charge in [-0.15, -0.1) is 0 Å². The lowest BCUT2D eigenvalue weighted by Crippen LogP contribution is -2.50. The van der Waals surface area contributed by atoms with Crippen LogP contribution in [-0.4, -0.2) is 50.1 Å². The Morgan fingerprint density at radius 3 is 2.17 bits per heavy atom. The van der Waals surface area contributed by atoms with Crippen LogP contribution in [0.5, 0.6) is 0 Å². The lowest BCUT2D eigenvalue weighted by Gasteiger charge is -2.41. The van der Waals surface area contributed by atoms with Crippen LogP contribution < -0.4 is 0 Å². The van der Waals surface area contributed by atoms with E-state index < -0.39 is 15.3 Å². The fraction of sp³-hybridized carbons (Fsp3) is 0.611. The molecule has 0 bridgehead atoms. The molecule has 2 aliphatic rings. The van der Waals surface area contributed by atoms with Crippen LogP contribution in [0.3, 0.4) is 0 Å². The zero-order valence-electron chi connectivity index (χ0n) is 14.2. The van der Waals surface area contributed by atoms with E-state index in [1.165, 1.54) is 12.7 Å². The van der Waals surface area contributed by atoms with Gasteiger partial charge in [0.25, 0.3) is 0 Å². The molecule has 1 heterocycles. The predicted octanol–water partition coefficient (Wildman–Crippen LogP) is 2.87. The first-order valence-corrected chi connectivity index (χ1v) is 11.7. The van der Waals surface area contributed by atoms with Crippen molar-refractivity contribution in [3.63, 3.8) is 0 Å². The van der Waals surface area contributed by atoms with Crippen LogP contribution in [0.15, 0.2) is 29.2 Å². The Balaban J connectivity index is 1.94. The van der Waals surface area contributed by atoms with Crippen molar-refractivity contribution in [1.82, 2.24) is 4.90 Å². The topological polar surface area (TPSA) is 54.5 Å². The number of thioether (sulfide) groups is 1. The maximum absolute atomic E-state index is 13.4. The fourth-order valence-corrected chi connectivity index (χ4v) is 5.41. The molecule has 3 rings (SSSR count). The summed E-state index contributed by atoms with van der Waals surface area (Å²) in [6, 6.07) is 7.03. The number of rotatable bonds is 3. The van der Waals surface area contributed by atoms with Gasteiger partial charge in [0.2, 0.25) is 5.91 Å². The van der Waals surface area contributed by atoms with Crippen LogP contribution in [0.2, 0.25) is 0 Å². The van der Waals surface area contributed by atoms with E-state index in [0.717, 1.165) is 55.8 Å². The molecule has 0 atom stereocenters. The average Bonchev–Trinajstić information content (AvgIpc) is 2.62. The molecule has 1 aromatic rings. The molecule has 4 nitrogen and oxygen atoms in total. The van der Waals surface area contributed by atoms with Crippen molar-refractivity contribution in [2.45, 2.75) is 42.4 Å². The molecule has 0 spiro atoms. The van der Waals surface area contributed by atoms with Gasteiger partial charge in [-0.25, -0.2) is 8.42 Å². The van der Waals surface area contributed by atoms with E-state index >= 15 is 0 Å². The standard InChI is InChI=1S/C18H25NO3S2/c1-24(21,22)16-7-5-15(6-8-16)18(9-3-2-4-10-18)17(20)19-11-13-23-14-12-19/h5-8H,2-4,9-14H2,1H3. The molecule has 0 radical (unpaired) electrons. The van der Waals surface area contributed by atoms with Crippen molar-refractivity contribution in [3.05, 3.63) is 29.8 Å². The third kappa shape index (κ3) is 3.49. The van der Waals surface area contributed by atoms with E-state index in [2.05, 4.69) is 0 Å². The smallest absolute Gasteiger partial charge is 0.233 e. The summed E-state index contributed by atoms with van der Waals surface area (Å²) < 4.78 is 23.4. The third-order valence-electron chi connectivity index (χ3n) is 5.25. The van der Waals surface area contributed by atoms with Crippen molar-refractivity contribution in [3.8, 4) is 0 Å². The van der Waals surface area contributed by atoms with Crippen molar-refractivity contribution in [2.24, 2.45) is 0 Å². The summed E-state index contributed by atoms with van der Waals surface area (Å²) >= 11 is 1.90. The zero-order valence-corrected chi connectivity index (χ0v) is 15.8. The Morgan fingerprint density at radius 1 is 1.04 bits per heavy atom. The van der Waals surface area contributed by atoms with Gasteiger partial charge in [0.05, 0.1) is 10.3 Å². The summed E-state index contributed by atoms with van der Waals surface area (Å²) in [7, 11) is -3.21. The van der Waals surface area contributed by atoms with Gasteiger partial charge < -0.3 is 4.90 Å². The van der Waals surface area contributed by atoms with Gasteiger partial charge in [-0.05, 0) is 30.5 Å². The molecule has 0 aromatic heterocycles. The highest BCUT2D eigenvalue weighted by atomic mass is 32.2. The molecule has 24 heavy (non-hydrogen) atoms.